The number of nitrogens with zero attached hydrogens (tertiary/aromatic N) is 2. The minimum Gasteiger partial charge on any atom is -0.346 e. The van der Waals surface area contributed by atoms with Gasteiger partial charge in [-0.2, -0.15) is 5.26 Å². The van der Waals surface area contributed by atoms with Crippen LogP contribution in [0.2, 0.25) is 0 Å². The lowest BCUT2D eigenvalue weighted by Crippen LogP contribution is -2.37. The Labute approximate surface area is 188 Å². The minimum absolute atomic E-state index is 0.0315. The molecular weight excluding hydrogens is 398 g/mol. The lowest BCUT2D eigenvalue weighted by molar-refractivity contribution is -0.127. The van der Waals surface area contributed by atoms with Gasteiger partial charge in [-0.3, -0.25) is 4.79 Å². The van der Waals surface area contributed by atoms with Crippen LogP contribution in [0.5, 0.6) is 0 Å². The van der Waals surface area contributed by atoms with Gasteiger partial charge in [0.25, 0.3) is 0 Å². The smallest absolute Gasteiger partial charge is 0.223 e. The maximum Gasteiger partial charge on any atom is 0.223 e. The molecule has 32 heavy (non-hydrogen) atoms. The summed E-state index contributed by atoms with van der Waals surface area (Å²) in [4.78, 5) is 21.1. The zero-order valence-electron chi connectivity index (χ0n) is 18.1. The van der Waals surface area contributed by atoms with Gasteiger partial charge in [0.1, 0.15) is 5.82 Å². The van der Waals surface area contributed by atoms with Crippen molar-refractivity contribution in [2.24, 2.45) is 17.6 Å². The Bertz CT molecular complexity index is 1060. The molecule has 0 saturated heterocycles. The summed E-state index contributed by atoms with van der Waals surface area (Å²) in [5.74, 6) is 1.40. The quantitative estimate of drug-likeness (QED) is 0.527. The number of hydrogen-bond donors (Lipinski definition) is 3. The van der Waals surface area contributed by atoms with E-state index >= 15 is 0 Å². The van der Waals surface area contributed by atoms with E-state index in [1.165, 1.54) is 0 Å². The maximum absolute atomic E-state index is 13.1. The fourth-order valence-electron chi connectivity index (χ4n) is 4.40. The van der Waals surface area contributed by atoms with Crippen LogP contribution < -0.4 is 11.1 Å². The molecule has 1 heterocycles. The number of amides is 1. The molecule has 1 saturated carbocycles. The highest BCUT2D eigenvalue weighted by atomic mass is 16.1. The summed E-state index contributed by atoms with van der Waals surface area (Å²) in [6.45, 7) is 0.704. The third-order valence-electron chi connectivity index (χ3n) is 6.40. The van der Waals surface area contributed by atoms with Crippen molar-refractivity contribution in [1.82, 2.24) is 15.3 Å². The number of aromatic nitrogens is 2. The Morgan fingerprint density at radius 2 is 1.84 bits per heavy atom. The van der Waals surface area contributed by atoms with Crippen molar-refractivity contribution >= 4 is 5.91 Å². The average molecular weight is 428 g/mol. The normalized spacial score (nSPS) is 19.1. The molecule has 3 aromatic rings. The molecule has 1 amide bonds. The number of rotatable bonds is 7. The second-order valence-corrected chi connectivity index (χ2v) is 8.58. The number of imidazole rings is 1. The SMILES string of the molecule is N#Cc1ccc(-c2cnc([C@H](Cc3ccccc3)NC(=O)C3CCC(CN)CC3)[nH]2)cc1. The summed E-state index contributed by atoms with van der Waals surface area (Å²) >= 11 is 0. The Kier molecular flexibility index (Phi) is 6.98. The molecule has 0 bridgehead atoms. The zero-order valence-corrected chi connectivity index (χ0v) is 18.1. The molecular formula is C26H29N5O. The zero-order chi connectivity index (χ0) is 22.3. The van der Waals surface area contributed by atoms with Crippen molar-refractivity contribution < 1.29 is 4.79 Å². The van der Waals surface area contributed by atoms with Gasteiger partial charge in [0.2, 0.25) is 5.91 Å². The van der Waals surface area contributed by atoms with Gasteiger partial charge < -0.3 is 16.0 Å². The number of H-pyrrole nitrogens is 1. The van der Waals surface area contributed by atoms with E-state index in [0.717, 1.165) is 48.3 Å². The molecule has 0 radical (unpaired) electrons. The van der Waals surface area contributed by atoms with Gasteiger partial charge >= 0.3 is 0 Å². The monoisotopic (exact) mass is 427 g/mol. The summed E-state index contributed by atoms with van der Waals surface area (Å²) in [6.07, 6.45) is 6.25. The van der Waals surface area contributed by atoms with Gasteiger partial charge in [0.05, 0.1) is 29.6 Å². The van der Waals surface area contributed by atoms with Crippen LogP contribution in [0.3, 0.4) is 0 Å². The third kappa shape index (κ3) is 5.24. The predicted octanol–water partition coefficient (Wildman–Crippen LogP) is 4.11. The van der Waals surface area contributed by atoms with Crippen LogP contribution in [0.25, 0.3) is 11.3 Å². The van der Waals surface area contributed by atoms with E-state index in [2.05, 4.69) is 33.5 Å². The average Bonchev–Trinajstić information content (AvgIpc) is 3.35. The third-order valence-corrected chi connectivity index (χ3v) is 6.40. The summed E-state index contributed by atoms with van der Waals surface area (Å²) in [5, 5.41) is 12.3. The van der Waals surface area contributed by atoms with Crippen molar-refractivity contribution in [2.75, 3.05) is 6.54 Å². The number of carbonyl (C=O) groups is 1. The first-order chi connectivity index (χ1) is 15.7. The molecule has 1 atom stereocenters. The van der Waals surface area contributed by atoms with Crippen molar-refractivity contribution in [3.63, 3.8) is 0 Å². The number of benzene rings is 2. The van der Waals surface area contributed by atoms with Crippen LogP contribution in [0, 0.1) is 23.2 Å². The highest BCUT2D eigenvalue weighted by Gasteiger charge is 2.28. The van der Waals surface area contributed by atoms with Crippen LogP contribution >= 0.6 is 0 Å². The second-order valence-electron chi connectivity index (χ2n) is 8.58. The number of nitrogens with two attached hydrogens (primary N) is 1. The van der Waals surface area contributed by atoms with E-state index in [-0.39, 0.29) is 17.9 Å². The number of carbonyl (C=O) groups excluding carboxylic acids is 1. The molecule has 1 aliphatic rings. The van der Waals surface area contributed by atoms with Crippen molar-refractivity contribution in [1.29, 1.82) is 5.26 Å². The molecule has 4 rings (SSSR count). The molecule has 0 unspecified atom stereocenters. The Morgan fingerprint density at radius 3 is 2.50 bits per heavy atom. The highest BCUT2D eigenvalue weighted by Crippen LogP contribution is 2.29. The van der Waals surface area contributed by atoms with Gasteiger partial charge in [-0.05, 0) is 67.8 Å². The topological polar surface area (TPSA) is 108 Å². The van der Waals surface area contributed by atoms with Crippen LogP contribution in [0.4, 0.5) is 0 Å². The summed E-state index contributed by atoms with van der Waals surface area (Å²) in [7, 11) is 0. The van der Waals surface area contributed by atoms with E-state index in [1.54, 1.807) is 18.3 Å². The number of nitrogens with one attached hydrogen (secondary N) is 2. The standard InChI is InChI=1S/C26H29N5O/c27-15-19-6-10-21(11-7-19)24-17-29-25(30-24)23(14-18-4-2-1-3-5-18)31-26(32)22-12-8-20(16-28)9-13-22/h1-7,10-11,17,20,22-23H,8-9,12-14,16,28H2,(H,29,30)(H,31,32)/t20?,22?,23-/m0/s1. The summed E-state index contributed by atoms with van der Waals surface area (Å²) < 4.78 is 0. The van der Waals surface area contributed by atoms with Crippen molar-refractivity contribution in [3.8, 4) is 17.3 Å². The molecule has 1 aromatic heterocycles. The van der Waals surface area contributed by atoms with Crippen molar-refractivity contribution in [3.05, 3.63) is 77.7 Å². The lowest BCUT2D eigenvalue weighted by Gasteiger charge is -2.28. The second kappa shape index (κ2) is 10.3. The Morgan fingerprint density at radius 1 is 1.12 bits per heavy atom. The molecule has 164 valence electrons. The summed E-state index contributed by atoms with van der Waals surface area (Å²) in [6, 6.07) is 19.4. The fourth-order valence-corrected chi connectivity index (χ4v) is 4.40. The first kappa shape index (κ1) is 21.8. The molecule has 0 spiro atoms. The number of aromatic amines is 1. The van der Waals surface area contributed by atoms with Crippen LogP contribution in [0.15, 0.2) is 60.8 Å². The molecule has 6 nitrogen and oxygen atoms in total. The molecule has 2 aromatic carbocycles. The van der Waals surface area contributed by atoms with Crippen LogP contribution in [0.1, 0.15) is 48.7 Å². The Balaban J connectivity index is 1.52. The van der Waals surface area contributed by atoms with Gasteiger partial charge in [0.15, 0.2) is 0 Å². The van der Waals surface area contributed by atoms with E-state index in [1.807, 2.05) is 30.3 Å². The fraction of sp³-hybridized carbons (Fsp3) is 0.346. The van der Waals surface area contributed by atoms with Crippen molar-refractivity contribution in [2.45, 2.75) is 38.1 Å². The molecule has 4 N–H and O–H groups in total. The first-order valence-corrected chi connectivity index (χ1v) is 11.3. The van der Waals surface area contributed by atoms with Gasteiger partial charge in [-0.15, -0.1) is 0 Å². The maximum atomic E-state index is 13.1. The van der Waals surface area contributed by atoms with Gasteiger partial charge in [0, 0.05) is 5.92 Å². The lowest BCUT2D eigenvalue weighted by atomic mass is 9.81. The molecule has 6 heteroatoms. The molecule has 1 fully saturated rings. The molecule has 0 aliphatic heterocycles. The largest absolute Gasteiger partial charge is 0.346 e. The van der Waals surface area contributed by atoms with E-state index in [4.69, 9.17) is 11.0 Å². The number of nitriles is 1. The van der Waals surface area contributed by atoms with E-state index < -0.39 is 0 Å². The van der Waals surface area contributed by atoms with Crippen LogP contribution in [-0.4, -0.2) is 22.4 Å². The van der Waals surface area contributed by atoms with E-state index in [9.17, 15) is 4.79 Å². The van der Waals surface area contributed by atoms with Crippen LogP contribution in [-0.2, 0) is 11.2 Å². The predicted molar refractivity (Wildman–Crippen MR) is 124 cm³/mol. The van der Waals surface area contributed by atoms with Gasteiger partial charge in [-0.25, -0.2) is 4.98 Å². The van der Waals surface area contributed by atoms with Gasteiger partial charge in [-0.1, -0.05) is 42.5 Å². The van der Waals surface area contributed by atoms with E-state index in [0.29, 0.717) is 24.4 Å². The first-order valence-electron chi connectivity index (χ1n) is 11.3. The minimum atomic E-state index is -0.246. The Hall–Kier alpha value is -3.43. The molecule has 1 aliphatic carbocycles. The summed E-state index contributed by atoms with van der Waals surface area (Å²) in [5.41, 5.74) is 9.38. The highest BCUT2D eigenvalue weighted by molar-refractivity contribution is 5.79. The number of hydrogen-bond acceptors (Lipinski definition) is 4.